The molecule has 0 spiro atoms. The summed E-state index contributed by atoms with van der Waals surface area (Å²) >= 11 is 0. The van der Waals surface area contributed by atoms with E-state index in [2.05, 4.69) is 0 Å². The lowest BCUT2D eigenvalue weighted by atomic mass is 10.4. The van der Waals surface area contributed by atoms with Gasteiger partial charge < -0.3 is 4.90 Å². The molecule has 0 N–H and O–H groups in total. The highest BCUT2D eigenvalue weighted by Crippen LogP contribution is 2.08. The lowest BCUT2D eigenvalue weighted by Crippen LogP contribution is -2.34. The highest BCUT2D eigenvalue weighted by molar-refractivity contribution is 5.76. The van der Waals surface area contributed by atoms with E-state index in [9.17, 15) is 4.79 Å². The van der Waals surface area contributed by atoms with Crippen LogP contribution in [0.1, 0.15) is 26.1 Å². The highest BCUT2D eigenvalue weighted by Gasteiger charge is 2.21. The Balaban J connectivity index is 0.00000128. The van der Waals surface area contributed by atoms with E-state index in [4.69, 9.17) is 0 Å². The molecule has 0 radical (unpaired) electrons. The molecule has 4 heteroatoms. The van der Waals surface area contributed by atoms with Gasteiger partial charge in [-0.25, -0.2) is 9.13 Å². The summed E-state index contributed by atoms with van der Waals surface area (Å²) in [5.41, 5.74) is 0. The van der Waals surface area contributed by atoms with Crippen LogP contribution in [-0.4, -0.2) is 28.5 Å². The Hall–Kier alpha value is -1.32. The SMILES string of the molecule is C.Cc1n(CC(=O)N2CCCC2)cc[n+]1C. The molecule has 0 saturated carbocycles. The summed E-state index contributed by atoms with van der Waals surface area (Å²) in [5, 5.41) is 0. The predicted molar refractivity (Wildman–Crippen MR) is 62.9 cm³/mol. The number of amides is 1. The van der Waals surface area contributed by atoms with Crippen LogP contribution >= 0.6 is 0 Å². The van der Waals surface area contributed by atoms with Gasteiger partial charge in [-0.05, 0) is 12.8 Å². The molecule has 0 atom stereocenters. The molecular weight excluding hydrogens is 202 g/mol. The molecule has 90 valence electrons. The number of nitrogens with zero attached hydrogens (tertiary/aromatic N) is 3. The largest absolute Gasteiger partial charge is 0.339 e. The molecule has 1 amide bonds. The van der Waals surface area contributed by atoms with Crippen molar-refractivity contribution >= 4 is 5.91 Å². The van der Waals surface area contributed by atoms with Crippen molar-refractivity contribution in [2.45, 2.75) is 33.7 Å². The summed E-state index contributed by atoms with van der Waals surface area (Å²) in [6.07, 6.45) is 6.25. The molecule has 1 fully saturated rings. The fraction of sp³-hybridized carbons (Fsp3) is 0.667. The van der Waals surface area contributed by atoms with Crippen molar-refractivity contribution in [2.24, 2.45) is 7.05 Å². The Morgan fingerprint density at radius 1 is 1.44 bits per heavy atom. The summed E-state index contributed by atoms with van der Waals surface area (Å²) in [5.74, 6) is 1.36. The number of aromatic nitrogens is 2. The molecule has 2 rings (SSSR count). The standard InChI is InChI=1S/C11H18N3O.CH4/c1-10-12(2)7-8-14(10)9-11(15)13-5-3-4-6-13;/h7-8H,3-6,9H2,1-2H3;1H4/q+1;. The van der Waals surface area contributed by atoms with Crippen molar-refractivity contribution in [1.29, 1.82) is 0 Å². The second kappa shape index (κ2) is 5.14. The Morgan fingerprint density at radius 2 is 2.06 bits per heavy atom. The zero-order chi connectivity index (χ0) is 10.8. The van der Waals surface area contributed by atoms with Crippen molar-refractivity contribution in [1.82, 2.24) is 9.47 Å². The average molecular weight is 224 g/mol. The maximum absolute atomic E-state index is 11.9. The van der Waals surface area contributed by atoms with Gasteiger partial charge in [0.15, 0.2) is 6.54 Å². The molecular formula is C12H22N3O+. The number of carbonyl (C=O) groups excluding carboxylic acids is 1. The monoisotopic (exact) mass is 224 g/mol. The summed E-state index contributed by atoms with van der Waals surface area (Å²) in [6, 6.07) is 0. The van der Waals surface area contributed by atoms with E-state index in [-0.39, 0.29) is 13.3 Å². The molecule has 1 saturated heterocycles. The van der Waals surface area contributed by atoms with E-state index in [0.29, 0.717) is 6.54 Å². The van der Waals surface area contributed by atoms with Crippen molar-refractivity contribution in [3.63, 3.8) is 0 Å². The molecule has 0 aliphatic carbocycles. The fourth-order valence-electron chi connectivity index (χ4n) is 1.98. The minimum Gasteiger partial charge on any atom is -0.339 e. The zero-order valence-electron chi connectivity index (χ0n) is 9.44. The maximum atomic E-state index is 11.9. The Bertz CT molecular complexity index is 364. The third-order valence-electron chi connectivity index (χ3n) is 3.16. The molecule has 4 nitrogen and oxygen atoms in total. The van der Waals surface area contributed by atoms with Crippen LogP contribution in [0, 0.1) is 6.92 Å². The highest BCUT2D eigenvalue weighted by atomic mass is 16.2. The van der Waals surface area contributed by atoms with E-state index >= 15 is 0 Å². The molecule has 1 aliphatic rings. The van der Waals surface area contributed by atoms with Crippen LogP contribution < -0.4 is 4.57 Å². The lowest BCUT2D eigenvalue weighted by molar-refractivity contribution is -0.677. The van der Waals surface area contributed by atoms with Gasteiger partial charge in [-0.1, -0.05) is 7.43 Å². The van der Waals surface area contributed by atoms with Gasteiger partial charge in [0.1, 0.15) is 12.4 Å². The summed E-state index contributed by atoms with van der Waals surface area (Å²) < 4.78 is 4.03. The van der Waals surface area contributed by atoms with Gasteiger partial charge in [-0.15, -0.1) is 0 Å². The Kier molecular flexibility index (Phi) is 4.10. The van der Waals surface area contributed by atoms with Crippen LogP contribution in [0.4, 0.5) is 0 Å². The van der Waals surface area contributed by atoms with Gasteiger partial charge in [0, 0.05) is 20.0 Å². The van der Waals surface area contributed by atoms with Crippen LogP contribution in [0.3, 0.4) is 0 Å². The molecule has 1 aromatic heterocycles. The molecule has 1 aliphatic heterocycles. The summed E-state index contributed by atoms with van der Waals surface area (Å²) in [4.78, 5) is 13.8. The lowest BCUT2D eigenvalue weighted by Gasteiger charge is -2.13. The number of hydrogen-bond acceptors (Lipinski definition) is 1. The first kappa shape index (κ1) is 12.7. The normalized spacial score (nSPS) is 15.0. The predicted octanol–water partition coefficient (Wildman–Crippen LogP) is 0.880. The van der Waals surface area contributed by atoms with E-state index < -0.39 is 0 Å². The topological polar surface area (TPSA) is 29.1 Å². The number of hydrogen-bond donors (Lipinski definition) is 0. The number of likely N-dealkylation sites (tertiary alicyclic amines) is 1. The van der Waals surface area contributed by atoms with E-state index in [1.54, 1.807) is 0 Å². The first-order chi connectivity index (χ1) is 7.18. The van der Waals surface area contributed by atoms with Crippen LogP contribution in [0.5, 0.6) is 0 Å². The smallest absolute Gasteiger partial charge is 0.264 e. The second-order valence-corrected chi connectivity index (χ2v) is 4.17. The molecule has 0 bridgehead atoms. The number of rotatable bonds is 2. The van der Waals surface area contributed by atoms with Gasteiger partial charge in [0.25, 0.3) is 11.7 Å². The van der Waals surface area contributed by atoms with Gasteiger partial charge in [-0.3, -0.25) is 4.79 Å². The summed E-state index contributed by atoms with van der Waals surface area (Å²) in [7, 11) is 1.99. The third kappa shape index (κ3) is 2.43. The molecule has 0 unspecified atom stereocenters. The van der Waals surface area contributed by atoms with Gasteiger partial charge in [0.2, 0.25) is 0 Å². The second-order valence-electron chi connectivity index (χ2n) is 4.17. The summed E-state index contributed by atoms with van der Waals surface area (Å²) in [6.45, 7) is 4.38. The number of aryl methyl sites for hydroxylation is 1. The minimum absolute atomic E-state index is 0. The molecule has 0 aromatic carbocycles. The van der Waals surface area contributed by atoms with Crippen molar-refractivity contribution in [2.75, 3.05) is 13.1 Å². The maximum Gasteiger partial charge on any atom is 0.264 e. The number of imidazole rings is 1. The Labute approximate surface area is 97.5 Å². The van der Waals surface area contributed by atoms with E-state index in [1.807, 2.05) is 40.4 Å². The van der Waals surface area contributed by atoms with E-state index in [1.165, 1.54) is 0 Å². The minimum atomic E-state index is 0. The van der Waals surface area contributed by atoms with Gasteiger partial charge in [-0.2, -0.15) is 0 Å². The van der Waals surface area contributed by atoms with Crippen LogP contribution in [0.25, 0.3) is 0 Å². The first-order valence-corrected chi connectivity index (χ1v) is 5.47. The quantitative estimate of drug-likeness (QED) is 0.686. The first-order valence-electron chi connectivity index (χ1n) is 5.47. The van der Waals surface area contributed by atoms with Crippen LogP contribution in [-0.2, 0) is 18.4 Å². The van der Waals surface area contributed by atoms with E-state index in [0.717, 1.165) is 31.8 Å². The third-order valence-corrected chi connectivity index (χ3v) is 3.16. The van der Waals surface area contributed by atoms with Gasteiger partial charge >= 0.3 is 0 Å². The number of carbonyl (C=O) groups is 1. The van der Waals surface area contributed by atoms with Crippen LogP contribution in [0.2, 0.25) is 0 Å². The van der Waals surface area contributed by atoms with Gasteiger partial charge in [0.05, 0.1) is 7.05 Å². The van der Waals surface area contributed by atoms with Crippen molar-refractivity contribution in [3.05, 3.63) is 18.2 Å². The zero-order valence-corrected chi connectivity index (χ0v) is 9.44. The molecule has 1 aromatic rings. The molecule has 16 heavy (non-hydrogen) atoms. The molecule has 2 heterocycles. The van der Waals surface area contributed by atoms with Crippen molar-refractivity contribution < 1.29 is 9.36 Å². The van der Waals surface area contributed by atoms with Crippen LogP contribution in [0.15, 0.2) is 12.4 Å². The average Bonchev–Trinajstić information content (AvgIpc) is 2.83. The van der Waals surface area contributed by atoms with Crippen molar-refractivity contribution in [3.8, 4) is 0 Å². The Morgan fingerprint density at radius 3 is 2.56 bits per heavy atom. The fourth-order valence-corrected chi connectivity index (χ4v) is 1.98.